The average Bonchev–Trinajstić information content (AvgIpc) is 3.10. The van der Waals surface area contributed by atoms with E-state index in [1.807, 2.05) is 47.0 Å². The zero-order valence-electron chi connectivity index (χ0n) is 26.0. The molecule has 2 aliphatic rings. The minimum absolute atomic E-state index is 1.16. The highest BCUT2D eigenvalue weighted by Crippen LogP contribution is 2.54. The predicted molar refractivity (Wildman–Crippen MR) is 207 cm³/mol. The third-order valence-electron chi connectivity index (χ3n) is 8.58. The van der Waals surface area contributed by atoms with Gasteiger partial charge in [0, 0.05) is 66.0 Å². The van der Waals surface area contributed by atoms with E-state index in [2.05, 4.69) is 157 Å². The van der Waals surface area contributed by atoms with E-state index in [4.69, 9.17) is 0 Å². The molecule has 0 unspecified atom stereocenters. The quantitative estimate of drug-likeness (QED) is 0.174. The van der Waals surface area contributed by atoms with Crippen LogP contribution in [0, 0.1) is 0 Å². The van der Waals surface area contributed by atoms with Crippen LogP contribution in [0.2, 0.25) is 0 Å². The molecule has 224 valence electrons. The molecule has 0 atom stereocenters. The lowest BCUT2D eigenvalue weighted by Gasteiger charge is -2.36. The van der Waals surface area contributed by atoms with E-state index in [0.717, 1.165) is 5.69 Å². The summed E-state index contributed by atoms with van der Waals surface area (Å²) in [4.78, 5) is 4.78. The third kappa shape index (κ3) is 5.12. The molecule has 2 nitrogen and oxygen atoms in total. The van der Waals surface area contributed by atoms with Crippen molar-refractivity contribution >= 4 is 86.6 Å². The lowest BCUT2D eigenvalue weighted by Crippen LogP contribution is -2.19. The van der Waals surface area contributed by atoms with Gasteiger partial charge in [0.2, 0.25) is 0 Å². The first-order chi connectivity index (χ1) is 22.1. The number of nitrogens with zero attached hydrogens (tertiary/aromatic N) is 2. The smallest absolute Gasteiger partial charge is 0.0547 e. The number of hydrogen-bond donors (Lipinski definition) is 0. The molecule has 5 aromatic carbocycles. The number of fused-ring (bicyclic) bond motifs is 4. The molecular formula is C39H34N2S4. The van der Waals surface area contributed by atoms with E-state index < -0.39 is 0 Å². The molecule has 0 N–H and O–H groups in total. The summed E-state index contributed by atoms with van der Waals surface area (Å²) in [7, 11) is 2.19. The van der Waals surface area contributed by atoms with Crippen LogP contribution >= 0.6 is 47.0 Å². The average molecular weight is 659 g/mol. The summed E-state index contributed by atoms with van der Waals surface area (Å²) in [5.41, 5.74) is 16.2. The zero-order chi connectivity index (χ0) is 31.1. The lowest BCUT2D eigenvalue weighted by molar-refractivity contribution is 1.17. The fraction of sp³-hybridized carbons (Fsp3) is 0.128. The van der Waals surface area contributed by atoms with Gasteiger partial charge in [-0.1, -0.05) is 78.9 Å². The first kappa shape index (κ1) is 30.2. The number of hydrogen-bond acceptors (Lipinski definition) is 6. The van der Waals surface area contributed by atoms with Crippen molar-refractivity contribution in [2.75, 3.05) is 41.9 Å². The van der Waals surface area contributed by atoms with Crippen molar-refractivity contribution in [2.24, 2.45) is 0 Å². The summed E-state index contributed by atoms with van der Waals surface area (Å²) in [5.74, 6) is 0. The molecule has 0 aliphatic carbocycles. The normalized spacial score (nSPS) is 13.2. The molecule has 0 aromatic heterocycles. The first-order valence-corrected chi connectivity index (χ1v) is 19.7. The second kappa shape index (κ2) is 12.8. The largest absolute Gasteiger partial charge is 0.344 e. The molecule has 0 radical (unpaired) electrons. The monoisotopic (exact) mass is 658 g/mol. The second-order valence-electron chi connectivity index (χ2n) is 10.9. The van der Waals surface area contributed by atoms with Crippen molar-refractivity contribution in [1.82, 2.24) is 0 Å². The third-order valence-corrected chi connectivity index (χ3v) is 12.9. The SMILES string of the molecule is CSC(SC)=C1c2ccccc2N(C)c2cc(-c3ccc4c(c3)N(c3ccccc3)c3ccccc3C4=C(SC)SC)ccc21. The van der Waals surface area contributed by atoms with Crippen LogP contribution in [0.4, 0.5) is 28.4 Å². The summed E-state index contributed by atoms with van der Waals surface area (Å²) in [6.07, 6.45) is 8.73. The van der Waals surface area contributed by atoms with Gasteiger partial charge < -0.3 is 9.80 Å². The number of anilines is 5. The van der Waals surface area contributed by atoms with Crippen molar-refractivity contribution in [3.63, 3.8) is 0 Å². The van der Waals surface area contributed by atoms with Gasteiger partial charge in [-0.3, -0.25) is 0 Å². The van der Waals surface area contributed by atoms with Crippen LogP contribution in [0.5, 0.6) is 0 Å². The number of rotatable bonds is 6. The van der Waals surface area contributed by atoms with Gasteiger partial charge in [-0.05, 0) is 72.5 Å². The molecule has 0 saturated carbocycles. The Bertz CT molecular complexity index is 1970. The van der Waals surface area contributed by atoms with Crippen LogP contribution in [0.15, 0.2) is 124 Å². The van der Waals surface area contributed by atoms with E-state index in [-0.39, 0.29) is 0 Å². The molecule has 45 heavy (non-hydrogen) atoms. The van der Waals surface area contributed by atoms with Gasteiger partial charge in [-0.15, -0.1) is 47.0 Å². The summed E-state index contributed by atoms with van der Waals surface area (Å²) in [6.45, 7) is 0. The molecule has 2 heterocycles. The Labute approximate surface area is 284 Å². The van der Waals surface area contributed by atoms with E-state index in [9.17, 15) is 0 Å². The number of thioether (sulfide) groups is 4. The van der Waals surface area contributed by atoms with Crippen molar-refractivity contribution in [2.45, 2.75) is 0 Å². The molecule has 0 spiro atoms. The molecule has 0 amide bonds. The van der Waals surface area contributed by atoms with Gasteiger partial charge in [0.15, 0.2) is 0 Å². The van der Waals surface area contributed by atoms with E-state index in [0.29, 0.717) is 0 Å². The van der Waals surface area contributed by atoms with Crippen LogP contribution in [0.1, 0.15) is 22.3 Å². The van der Waals surface area contributed by atoms with Crippen LogP contribution in [-0.2, 0) is 0 Å². The molecular weight excluding hydrogens is 625 g/mol. The maximum absolute atomic E-state index is 2.43. The van der Waals surface area contributed by atoms with Crippen LogP contribution in [0.3, 0.4) is 0 Å². The summed E-state index contributed by atoms with van der Waals surface area (Å²) in [5, 5.41) is 0. The van der Waals surface area contributed by atoms with Crippen molar-refractivity contribution in [3.05, 3.63) is 146 Å². The molecule has 0 fully saturated rings. The maximum Gasteiger partial charge on any atom is 0.0547 e. The van der Waals surface area contributed by atoms with E-state index in [1.54, 1.807) is 0 Å². The Balaban J connectivity index is 1.44. The van der Waals surface area contributed by atoms with Crippen molar-refractivity contribution in [1.29, 1.82) is 0 Å². The Morgan fingerprint density at radius 2 is 0.889 bits per heavy atom. The zero-order valence-corrected chi connectivity index (χ0v) is 29.3. The summed E-state index contributed by atoms with van der Waals surface area (Å²) in [6, 6.07) is 42.4. The highest BCUT2D eigenvalue weighted by atomic mass is 32.2. The van der Waals surface area contributed by atoms with Crippen LogP contribution in [0.25, 0.3) is 22.3 Å². The van der Waals surface area contributed by atoms with Crippen molar-refractivity contribution in [3.8, 4) is 11.1 Å². The lowest BCUT2D eigenvalue weighted by atomic mass is 9.87. The Kier molecular flexibility index (Phi) is 8.58. The van der Waals surface area contributed by atoms with Gasteiger partial charge >= 0.3 is 0 Å². The second-order valence-corrected chi connectivity index (χ2v) is 14.7. The fourth-order valence-electron chi connectivity index (χ4n) is 6.58. The van der Waals surface area contributed by atoms with E-state index >= 15 is 0 Å². The molecule has 5 aromatic rings. The molecule has 6 heteroatoms. The Morgan fingerprint density at radius 3 is 1.47 bits per heavy atom. The van der Waals surface area contributed by atoms with Gasteiger partial charge in [0.05, 0.1) is 11.4 Å². The maximum atomic E-state index is 2.43. The van der Waals surface area contributed by atoms with Gasteiger partial charge in [-0.25, -0.2) is 0 Å². The topological polar surface area (TPSA) is 6.48 Å². The highest BCUT2D eigenvalue weighted by Gasteiger charge is 2.31. The molecule has 2 aliphatic heterocycles. The van der Waals surface area contributed by atoms with Gasteiger partial charge in [0.25, 0.3) is 0 Å². The van der Waals surface area contributed by atoms with Crippen molar-refractivity contribution < 1.29 is 0 Å². The predicted octanol–water partition coefficient (Wildman–Crippen LogP) is 12.1. The minimum atomic E-state index is 1.16. The Hall–Kier alpha value is -3.42. The minimum Gasteiger partial charge on any atom is -0.344 e. The fourth-order valence-corrected chi connectivity index (χ4v) is 9.61. The first-order valence-electron chi connectivity index (χ1n) is 14.8. The molecule has 0 bridgehead atoms. The number of para-hydroxylation sites is 3. The van der Waals surface area contributed by atoms with Gasteiger partial charge in [0.1, 0.15) is 0 Å². The highest BCUT2D eigenvalue weighted by molar-refractivity contribution is 8.22. The van der Waals surface area contributed by atoms with E-state index in [1.165, 1.54) is 75.8 Å². The summed E-state index contributed by atoms with van der Waals surface area (Å²) < 4.78 is 2.67. The number of benzene rings is 5. The molecule has 0 saturated heterocycles. The van der Waals surface area contributed by atoms with Crippen LogP contribution < -0.4 is 9.80 Å². The standard InChI is InChI=1S/C39H34N2S4/c1-40-32-17-11-9-15-28(32)36(38(42-2)43-3)30-21-19-25(23-34(30)40)26-20-22-31-35(24-26)41(27-13-7-6-8-14-27)33-18-12-10-16-29(33)37(31)39(44-4)45-5/h6-24H,1-5H3. The Morgan fingerprint density at radius 1 is 0.444 bits per heavy atom. The van der Waals surface area contributed by atoms with Gasteiger partial charge in [-0.2, -0.15) is 0 Å². The van der Waals surface area contributed by atoms with Crippen LogP contribution in [-0.4, -0.2) is 32.1 Å². The summed E-state index contributed by atoms with van der Waals surface area (Å²) >= 11 is 7.32. The molecule has 7 rings (SSSR count).